The summed E-state index contributed by atoms with van der Waals surface area (Å²) in [4.78, 5) is 24.4. The number of aliphatic hydroxyl groups is 1. The predicted octanol–water partition coefficient (Wildman–Crippen LogP) is 1.32. The molecule has 7 atom stereocenters. The van der Waals surface area contributed by atoms with Crippen LogP contribution in [-0.4, -0.2) is 53.5 Å². The van der Waals surface area contributed by atoms with Gasteiger partial charge in [-0.3, -0.25) is 4.79 Å². The molecule has 136 valence electrons. The average Bonchev–Trinajstić information content (AvgIpc) is 3.32. The summed E-state index contributed by atoms with van der Waals surface area (Å²) in [5, 5.41) is 11.2. The number of hydrogen-bond acceptors (Lipinski definition) is 6. The van der Waals surface area contributed by atoms with Crippen molar-refractivity contribution in [2.75, 3.05) is 6.61 Å². The standard InChI is InChI=1S/C19H24O6/c1-5-6-13(21)25-14-15(22)18(4)17(3)8-11(20)10(2)7-12(17)24-16(14)19(18)9-23-19/h5-7,12,14-16,22H,8-9H2,1-4H3/b6-5-/t12-,14-,15-,16-,17+,18-,19-/m1/s1. The molecule has 2 bridgehead atoms. The monoisotopic (exact) mass is 348 g/mol. The fourth-order valence-electron chi connectivity index (χ4n) is 5.20. The maximum absolute atomic E-state index is 12.4. The van der Waals surface area contributed by atoms with E-state index in [0.29, 0.717) is 12.2 Å². The first-order valence-corrected chi connectivity index (χ1v) is 8.74. The van der Waals surface area contributed by atoms with Crippen molar-refractivity contribution in [2.24, 2.45) is 10.8 Å². The first kappa shape index (κ1) is 16.9. The van der Waals surface area contributed by atoms with Crippen LogP contribution in [0.2, 0.25) is 0 Å². The maximum atomic E-state index is 12.4. The lowest BCUT2D eigenvalue weighted by atomic mass is 9.52. The Hall–Kier alpha value is -1.50. The highest BCUT2D eigenvalue weighted by Gasteiger charge is 2.84. The van der Waals surface area contributed by atoms with Crippen molar-refractivity contribution in [3.63, 3.8) is 0 Å². The highest BCUT2D eigenvalue weighted by Crippen LogP contribution is 2.71. The van der Waals surface area contributed by atoms with Gasteiger partial charge in [-0.1, -0.05) is 19.9 Å². The topological polar surface area (TPSA) is 85.4 Å². The van der Waals surface area contributed by atoms with Crippen molar-refractivity contribution in [2.45, 2.75) is 64.1 Å². The Labute approximate surface area is 146 Å². The number of esters is 1. The molecule has 2 aliphatic heterocycles. The van der Waals surface area contributed by atoms with E-state index in [-0.39, 0.29) is 18.3 Å². The smallest absolute Gasteiger partial charge is 0.330 e. The summed E-state index contributed by atoms with van der Waals surface area (Å²) in [5.74, 6) is -0.461. The molecular weight excluding hydrogens is 324 g/mol. The van der Waals surface area contributed by atoms with E-state index < -0.39 is 40.7 Å². The van der Waals surface area contributed by atoms with E-state index in [4.69, 9.17) is 14.2 Å². The number of Topliss-reactive ketones (excluding diaryl/α,β-unsaturated/α-hetero) is 1. The summed E-state index contributed by atoms with van der Waals surface area (Å²) in [5.41, 5.74) is -1.41. The zero-order valence-electron chi connectivity index (χ0n) is 14.9. The zero-order chi connectivity index (χ0) is 18.2. The van der Waals surface area contributed by atoms with Crippen LogP contribution in [0.4, 0.5) is 0 Å². The maximum Gasteiger partial charge on any atom is 0.330 e. The lowest BCUT2D eigenvalue weighted by molar-refractivity contribution is -0.206. The molecule has 6 nitrogen and oxygen atoms in total. The molecule has 0 radical (unpaired) electrons. The molecule has 2 aliphatic carbocycles. The summed E-state index contributed by atoms with van der Waals surface area (Å²) in [6.07, 6.45) is 2.38. The first-order valence-electron chi connectivity index (χ1n) is 8.74. The van der Waals surface area contributed by atoms with Crippen LogP contribution >= 0.6 is 0 Å². The van der Waals surface area contributed by atoms with Gasteiger partial charge in [-0.25, -0.2) is 4.79 Å². The number of hydrogen-bond donors (Lipinski definition) is 1. The highest BCUT2D eigenvalue weighted by atomic mass is 16.7. The van der Waals surface area contributed by atoms with Gasteiger partial charge in [-0.2, -0.15) is 0 Å². The van der Waals surface area contributed by atoms with Crippen LogP contribution in [0.25, 0.3) is 0 Å². The normalized spacial score (nSPS) is 50.8. The van der Waals surface area contributed by atoms with Crippen LogP contribution in [0.15, 0.2) is 23.8 Å². The first-order chi connectivity index (χ1) is 11.7. The molecule has 0 unspecified atom stereocenters. The number of allylic oxidation sites excluding steroid dienone is 2. The summed E-state index contributed by atoms with van der Waals surface area (Å²) in [7, 11) is 0. The number of carbonyl (C=O) groups excluding carboxylic acids is 2. The minimum atomic E-state index is -0.969. The molecule has 25 heavy (non-hydrogen) atoms. The summed E-state index contributed by atoms with van der Waals surface area (Å²) < 4.78 is 17.6. The third kappa shape index (κ3) is 1.85. The Balaban J connectivity index is 1.79. The highest BCUT2D eigenvalue weighted by molar-refractivity contribution is 5.96. The third-order valence-corrected chi connectivity index (χ3v) is 7.03. The Bertz CT molecular complexity index is 705. The van der Waals surface area contributed by atoms with Crippen LogP contribution in [-0.2, 0) is 23.8 Å². The molecule has 1 saturated carbocycles. The molecule has 2 saturated heterocycles. The van der Waals surface area contributed by atoms with Gasteiger partial charge in [0.1, 0.15) is 17.8 Å². The second-order valence-electron chi connectivity index (χ2n) is 8.07. The third-order valence-electron chi connectivity index (χ3n) is 7.03. The van der Waals surface area contributed by atoms with E-state index in [0.717, 1.165) is 0 Å². The number of aliphatic hydroxyl groups excluding tert-OH is 1. The van der Waals surface area contributed by atoms with Gasteiger partial charge in [-0.05, 0) is 25.5 Å². The van der Waals surface area contributed by atoms with E-state index in [1.54, 1.807) is 19.9 Å². The minimum Gasteiger partial charge on any atom is -0.454 e. The van der Waals surface area contributed by atoms with Crippen LogP contribution in [0, 0.1) is 10.8 Å². The van der Waals surface area contributed by atoms with Crippen LogP contribution in [0.5, 0.6) is 0 Å². The van der Waals surface area contributed by atoms with Crippen molar-refractivity contribution in [1.29, 1.82) is 0 Å². The minimum absolute atomic E-state index is 0.0550. The molecule has 0 aromatic heterocycles. The molecule has 0 amide bonds. The Kier molecular flexibility index (Phi) is 3.40. The van der Waals surface area contributed by atoms with Crippen molar-refractivity contribution in [3.05, 3.63) is 23.8 Å². The lowest BCUT2D eigenvalue weighted by Gasteiger charge is -2.56. The molecule has 4 aliphatic rings. The zero-order valence-corrected chi connectivity index (χ0v) is 14.9. The fraction of sp³-hybridized carbons (Fsp3) is 0.684. The summed E-state index contributed by atoms with van der Waals surface area (Å²) in [6.45, 7) is 7.86. The number of epoxide rings is 1. The largest absolute Gasteiger partial charge is 0.454 e. The molecule has 4 rings (SSSR count). The van der Waals surface area contributed by atoms with Gasteiger partial charge < -0.3 is 19.3 Å². The number of rotatable bonds is 2. The van der Waals surface area contributed by atoms with Crippen molar-refractivity contribution in [1.82, 2.24) is 0 Å². The Morgan fingerprint density at radius 3 is 2.72 bits per heavy atom. The fourth-order valence-corrected chi connectivity index (χ4v) is 5.20. The second-order valence-corrected chi connectivity index (χ2v) is 8.07. The van der Waals surface area contributed by atoms with Crippen LogP contribution in [0.3, 0.4) is 0 Å². The van der Waals surface area contributed by atoms with E-state index in [9.17, 15) is 14.7 Å². The van der Waals surface area contributed by atoms with Crippen LogP contribution in [0.1, 0.15) is 34.1 Å². The van der Waals surface area contributed by atoms with Crippen molar-refractivity contribution in [3.8, 4) is 0 Å². The number of ether oxygens (including phenoxy) is 3. The average molecular weight is 348 g/mol. The lowest BCUT2D eigenvalue weighted by Crippen LogP contribution is -2.64. The van der Waals surface area contributed by atoms with Crippen molar-refractivity contribution < 1.29 is 28.9 Å². The molecule has 3 fully saturated rings. The van der Waals surface area contributed by atoms with E-state index in [1.807, 2.05) is 19.9 Å². The Morgan fingerprint density at radius 2 is 2.12 bits per heavy atom. The number of ketones is 1. The molecule has 1 spiro atoms. The predicted molar refractivity (Wildman–Crippen MR) is 87.6 cm³/mol. The van der Waals surface area contributed by atoms with E-state index in [2.05, 4.69) is 0 Å². The molecule has 0 aromatic rings. The quantitative estimate of drug-likeness (QED) is 0.460. The van der Waals surface area contributed by atoms with Gasteiger partial charge in [0.15, 0.2) is 11.9 Å². The van der Waals surface area contributed by atoms with Crippen molar-refractivity contribution >= 4 is 11.8 Å². The van der Waals surface area contributed by atoms with E-state index >= 15 is 0 Å². The molecule has 1 N–H and O–H groups in total. The van der Waals surface area contributed by atoms with Crippen LogP contribution < -0.4 is 0 Å². The van der Waals surface area contributed by atoms with Gasteiger partial charge in [0.2, 0.25) is 0 Å². The molecule has 2 heterocycles. The summed E-state index contributed by atoms with van der Waals surface area (Å²) in [6, 6.07) is 0. The van der Waals surface area contributed by atoms with Gasteiger partial charge in [-0.15, -0.1) is 0 Å². The molecule has 6 heteroatoms. The summed E-state index contributed by atoms with van der Waals surface area (Å²) >= 11 is 0. The van der Waals surface area contributed by atoms with E-state index in [1.165, 1.54) is 6.08 Å². The van der Waals surface area contributed by atoms with Gasteiger partial charge in [0.25, 0.3) is 0 Å². The molecular formula is C19H24O6. The van der Waals surface area contributed by atoms with Gasteiger partial charge >= 0.3 is 5.97 Å². The van der Waals surface area contributed by atoms with Gasteiger partial charge in [0, 0.05) is 23.3 Å². The number of fused-ring (bicyclic) bond motifs is 2. The second kappa shape index (κ2) is 5.02. The molecule has 0 aromatic carbocycles. The Morgan fingerprint density at radius 1 is 1.44 bits per heavy atom. The SMILES string of the molecule is C/C=C\C(=O)O[C@@H]1[C@@H](O)[C@]2(C)[C@@]3(C)CC(=O)C(C)=C[C@H]3O[C@H]1[C@]21CO1. The van der Waals surface area contributed by atoms with Gasteiger partial charge in [0.05, 0.1) is 12.7 Å². The number of carbonyl (C=O) groups is 2.